The van der Waals surface area contributed by atoms with Crippen molar-refractivity contribution < 1.29 is 13.2 Å². The van der Waals surface area contributed by atoms with Gasteiger partial charge in [-0.2, -0.15) is 13.2 Å². The molecule has 0 amide bonds. The number of hydrogen-bond acceptors (Lipinski definition) is 1. The molecule has 0 heterocycles. The van der Waals surface area contributed by atoms with Crippen LogP contribution < -0.4 is 5.32 Å². The smallest absolute Gasteiger partial charge is 0.385 e. The van der Waals surface area contributed by atoms with Crippen LogP contribution in [0.25, 0.3) is 0 Å². The van der Waals surface area contributed by atoms with E-state index in [1.165, 1.54) is 19.3 Å². The third-order valence-electron chi connectivity index (χ3n) is 3.04. The molecule has 17 heavy (non-hydrogen) atoms. The van der Waals surface area contributed by atoms with Gasteiger partial charge in [0.1, 0.15) is 0 Å². The Kier molecular flexibility index (Phi) is 3.66. The second kappa shape index (κ2) is 4.88. The number of anilines is 1. The molecule has 0 radical (unpaired) electrons. The first kappa shape index (κ1) is 12.7. The molecule has 0 aliphatic heterocycles. The van der Waals surface area contributed by atoms with Gasteiger partial charge in [-0.15, -0.1) is 0 Å². The van der Waals surface area contributed by atoms with Crippen LogP contribution in [0.2, 0.25) is 0 Å². The maximum Gasteiger partial charge on any atom is 0.416 e. The quantitative estimate of drug-likeness (QED) is 0.855. The highest BCUT2D eigenvalue weighted by Crippen LogP contribution is 2.34. The summed E-state index contributed by atoms with van der Waals surface area (Å²) in [6, 6.07) is 3.92. The van der Waals surface area contributed by atoms with Crippen LogP contribution in [-0.4, -0.2) is 6.54 Å². The maximum atomic E-state index is 12.6. The van der Waals surface area contributed by atoms with Crippen molar-refractivity contribution in [1.29, 1.82) is 0 Å². The molecule has 0 bridgehead atoms. The molecule has 5 heteroatoms. The number of rotatable bonds is 3. The summed E-state index contributed by atoms with van der Waals surface area (Å²) < 4.78 is 38.2. The highest BCUT2D eigenvalue weighted by atomic mass is 79.9. The predicted octanol–water partition coefficient (Wildman–Crippen LogP) is 4.68. The van der Waals surface area contributed by atoms with Gasteiger partial charge in [0, 0.05) is 16.7 Å². The predicted molar refractivity (Wildman–Crippen MR) is 65.0 cm³/mol. The van der Waals surface area contributed by atoms with Gasteiger partial charge in [0.25, 0.3) is 0 Å². The number of nitrogens with one attached hydrogen (secondary N) is 1. The van der Waals surface area contributed by atoms with E-state index in [2.05, 4.69) is 21.2 Å². The zero-order valence-corrected chi connectivity index (χ0v) is 10.7. The van der Waals surface area contributed by atoms with E-state index in [9.17, 15) is 13.2 Å². The van der Waals surface area contributed by atoms with Gasteiger partial charge < -0.3 is 5.32 Å². The van der Waals surface area contributed by atoms with Gasteiger partial charge in [0.15, 0.2) is 0 Å². The van der Waals surface area contributed by atoms with E-state index >= 15 is 0 Å². The van der Waals surface area contributed by atoms with Crippen LogP contribution >= 0.6 is 15.9 Å². The lowest BCUT2D eigenvalue weighted by Crippen LogP contribution is -2.21. The lowest BCUT2D eigenvalue weighted by molar-refractivity contribution is -0.137. The summed E-state index contributed by atoms with van der Waals surface area (Å²) in [4.78, 5) is 0. The Morgan fingerprint density at radius 2 is 1.94 bits per heavy atom. The largest absolute Gasteiger partial charge is 0.416 e. The van der Waals surface area contributed by atoms with Crippen molar-refractivity contribution >= 4 is 21.6 Å². The van der Waals surface area contributed by atoms with E-state index in [-0.39, 0.29) is 0 Å². The van der Waals surface area contributed by atoms with Gasteiger partial charge in [0.2, 0.25) is 0 Å². The Morgan fingerprint density at radius 1 is 1.24 bits per heavy atom. The molecule has 0 atom stereocenters. The van der Waals surface area contributed by atoms with Crippen molar-refractivity contribution in [3.8, 4) is 0 Å². The monoisotopic (exact) mass is 307 g/mol. The third kappa shape index (κ3) is 3.37. The first-order valence-electron chi connectivity index (χ1n) is 5.57. The third-order valence-corrected chi connectivity index (χ3v) is 3.50. The molecule has 2 rings (SSSR count). The standard InChI is InChI=1S/C12H13BrF3N/c13-10-4-9(12(14,15)16)5-11(6-10)17-7-8-2-1-3-8/h4-6,8,17H,1-3,7H2. The van der Waals surface area contributed by atoms with Crippen molar-refractivity contribution in [2.75, 3.05) is 11.9 Å². The Labute approximate surface area is 107 Å². The lowest BCUT2D eigenvalue weighted by atomic mass is 9.85. The minimum atomic E-state index is -4.29. The zero-order chi connectivity index (χ0) is 12.5. The van der Waals surface area contributed by atoms with Crippen molar-refractivity contribution in [2.24, 2.45) is 5.92 Å². The molecule has 0 unspecified atom stereocenters. The van der Waals surface area contributed by atoms with Gasteiger partial charge in [-0.1, -0.05) is 22.4 Å². The minimum Gasteiger partial charge on any atom is -0.385 e. The van der Waals surface area contributed by atoms with Crippen molar-refractivity contribution in [3.05, 3.63) is 28.2 Å². The van der Waals surface area contributed by atoms with Crippen LogP contribution in [0.4, 0.5) is 18.9 Å². The van der Waals surface area contributed by atoms with E-state index in [0.717, 1.165) is 18.7 Å². The fraction of sp³-hybridized carbons (Fsp3) is 0.500. The first-order chi connectivity index (χ1) is 7.95. The molecule has 1 aliphatic rings. The SMILES string of the molecule is FC(F)(F)c1cc(Br)cc(NCC2CCC2)c1. The Bertz CT molecular complexity index is 399. The van der Waals surface area contributed by atoms with Crippen LogP contribution in [0.15, 0.2) is 22.7 Å². The van der Waals surface area contributed by atoms with Gasteiger partial charge in [-0.3, -0.25) is 0 Å². The van der Waals surface area contributed by atoms with Gasteiger partial charge in [0.05, 0.1) is 5.56 Å². The summed E-state index contributed by atoms with van der Waals surface area (Å²) in [6.07, 6.45) is -0.713. The highest BCUT2D eigenvalue weighted by Gasteiger charge is 2.31. The number of alkyl halides is 3. The molecule has 1 nitrogen and oxygen atoms in total. The molecule has 1 fully saturated rings. The summed E-state index contributed by atoms with van der Waals surface area (Å²) >= 11 is 3.10. The molecule has 1 N–H and O–H groups in total. The van der Waals surface area contributed by atoms with Gasteiger partial charge in [-0.05, 0) is 37.0 Å². The molecule has 0 aromatic heterocycles. The van der Waals surface area contributed by atoms with Crippen molar-refractivity contribution in [1.82, 2.24) is 0 Å². The Hall–Kier alpha value is -0.710. The molecule has 94 valence electrons. The zero-order valence-electron chi connectivity index (χ0n) is 9.15. The van der Waals surface area contributed by atoms with Crippen LogP contribution in [0.5, 0.6) is 0 Å². The van der Waals surface area contributed by atoms with Crippen LogP contribution in [0.3, 0.4) is 0 Å². The fourth-order valence-electron chi connectivity index (χ4n) is 1.81. The number of hydrogen-bond donors (Lipinski definition) is 1. The lowest BCUT2D eigenvalue weighted by Gasteiger charge is -2.26. The second-order valence-electron chi connectivity index (χ2n) is 4.40. The molecule has 1 aromatic rings. The second-order valence-corrected chi connectivity index (χ2v) is 5.32. The molecule has 1 saturated carbocycles. The molecule has 1 aromatic carbocycles. The summed E-state index contributed by atoms with van der Waals surface area (Å²) in [5.74, 6) is 0.614. The highest BCUT2D eigenvalue weighted by molar-refractivity contribution is 9.10. The van der Waals surface area contributed by atoms with Crippen molar-refractivity contribution in [2.45, 2.75) is 25.4 Å². The minimum absolute atomic E-state index is 0.448. The number of benzene rings is 1. The van der Waals surface area contributed by atoms with E-state index in [0.29, 0.717) is 16.1 Å². The first-order valence-corrected chi connectivity index (χ1v) is 6.36. The average Bonchev–Trinajstić information content (AvgIpc) is 2.13. The topological polar surface area (TPSA) is 12.0 Å². The fourth-order valence-corrected chi connectivity index (χ4v) is 2.31. The number of halogens is 4. The van der Waals surface area contributed by atoms with Crippen LogP contribution in [0, 0.1) is 5.92 Å². The average molecular weight is 308 g/mol. The summed E-state index contributed by atoms with van der Waals surface area (Å²) in [5.41, 5.74) is -0.0958. The van der Waals surface area contributed by atoms with E-state index < -0.39 is 11.7 Å². The van der Waals surface area contributed by atoms with Crippen LogP contribution in [0.1, 0.15) is 24.8 Å². The summed E-state index contributed by atoms with van der Waals surface area (Å²) in [6.45, 7) is 0.758. The van der Waals surface area contributed by atoms with Gasteiger partial charge >= 0.3 is 6.18 Å². The molecule has 0 spiro atoms. The normalized spacial score (nSPS) is 16.7. The van der Waals surface area contributed by atoms with E-state index in [1.54, 1.807) is 6.07 Å². The van der Waals surface area contributed by atoms with Crippen LogP contribution in [-0.2, 0) is 6.18 Å². The molecule has 1 aliphatic carbocycles. The molecular weight excluding hydrogens is 295 g/mol. The van der Waals surface area contributed by atoms with Crippen molar-refractivity contribution in [3.63, 3.8) is 0 Å². The Morgan fingerprint density at radius 3 is 2.47 bits per heavy atom. The summed E-state index contributed by atoms with van der Waals surface area (Å²) in [5, 5.41) is 3.07. The molecular formula is C12H13BrF3N. The molecule has 0 saturated heterocycles. The van der Waals surface area contributed by atoms with E-state index in [1.807, 2.05) is 0 Å². The van der Waals surface area contributed by atoms with Gasteiger partial charge in [-0.25, -0.2) is 0 Å². The Balaban J connectivity index is 2.08. The maximum absolute atomic E-state index is 12.6. The summed E-state index contributed by atoms with van der Waals surface area (Å²) in [7, 11) is 0. The van der Waals surface area contributed by atoms with E-state index in [4.69, 9.17) is 0 Å².